The molecule has 0 amide bonds. The molecule has 2 aromatic rings. The Balaban J connectivity index is 1.93. The molecule has 0 aliphatic carbocycles. The third-order valence-corrected chi connectivity index (χ3v) is 5.05. The van der Waals surface area contributed by atoms with Gasteiger partial charge in [-0.3, -0.25) is 0 Å². The highest BCUT2D eigenvalue weighted by Crippen LogP contribution is 2.47. The first-order valence-corrected chi connectivity index (χ1v) is 7.81. The fourth-order valence-corrected chi connectivity index (χ4v) is 4.10. The zero-order valence-corrected chi connectivity index (χ0v) is 13.6. The van der Waals surface area contributed by atoms with Gasteiger partial charge in [-0.2, -0.15) is 0 Å². The third-order valence-electron chi connectivity index (χ3n) is 5.05. The van der Waals surface area contributed by atoms with Crippen LogP contribution in [0.2, 0.25) is 0 Å². The SMILES string of the molecule is Cc1cc(C)c2c(c1O)CN1CN2Cc2cc(N)c(O)c(C)c21. The van der Waals surface area contributed by atoms with Crippen molar-refractivity contribution in [2.24, 2.45) is 0 Å². The molecule has 0 atom stereocenters. The summed E-state index contributed by atoms with van der Waals surface area (Å²) in [6, 6.07) is 3.90. The smallest absolute Gasteiger partial charge is 0.143 e. The van der Waals surface area contributed by atoms with E-state index in [1.54, 1.807) is 0 Å². The third kappa shape index (κ3) is 1.79. The van der Waals surface area contributed by atoms with Gasteiger partial charge in [-0.05, 0) is 43.5 Å². The van der Waals surface area contributed by atoms with Crippen molar-refractivity contribution in [1.82, 2.24) is 0 Å². The predicted octanol–water partition coefficient (Wildman–Crippen LogP) is 2.90. The molecule has 5 heteroatoms. The number of anilines is 3. The van der Waals surface area contributed by atoms with Gasteiger partial charge >= 0.3 is 0 Å². The largest absolute Gasteiger partial charge is 0.507 e. The first kappa shape index (κ1) is 14.1. The van der Waals surface area contributed by atoms with E-state index in [0.717, 1.165) is 46.8 Å². The van der Waals surface area contributed by atoms with Crippen LogP contribution in [-0.2, 0) is 13.1 Å². The average Bonchev–Trinajstić information content (AvgIpc) is 2.49. The number of benzene rings is 2. The van der Waals surface area contributed by atoms with E-state index in [1.165, 1.54) is 5.56 Å². The fraction of sp³-hybridized carbons (Fsp3) is 0.333. The fourth-order valence-electron chi connectivity index (χ4n) is 4.10. The van der Waals surface area contributed by atoms with Crippen LogP contribution in [0.3, 0.4) is 0 Å². The summed E-state index contributed by atoms with van der Waals surface area (Å²) in [6.45, 7) is 8.05. The number of phenols is 2. The van der Waals surface area contributed by atoms with Crippen LogP contribution >= 0.6 is 0 Å². The number of nitrogens with two attached hydrogens (primary N) is 1. The zero-order chi connectivity index (χ0) is 16.5. The van der Waals surface area contributed by atoms with E-state index in [2.05, 4.69) is 16.7 Å². The van der Waals surface area contributed by atoms with Crippen LogP contribution in [0, 0.1) is 20.8 Å². The monoisotopic (exact) mass is 311 g/mol. The Kier molecular flexibility index (Phi) is 2.73. The molecule has 0 saturated carbocycles. The van der Waals surface area contributed by atoms with Gasteiger partial charge in [-0.25, -0.2) is 0 Å². The molecule has 5 nitrogen and oxygen atoms in total. The van der Waals surface area contributed by atoms with Crippen LogP contribution in [0.25, 0.3) is 0 Å². The van der Waals surface area contributed by atoms with Crippen molar-refractivity contribution in [3.63, 3.8) is 0 Å². The predicted molar refractivity (Wildman–Crippen MR) is 92.1 cm³/mol. The Hall–Kier alpha value is -2.56. The van der Waals surface area contributed by atoms with Crippen LogP contribution in [0.15, 0.2) is 12.1 Å². The van der Waals surface area contributed by atoms with Gasteiger partial charge < -0.3 is 25.7 Å². The maximum absolute atomic E-state index is 10.5. The Labute approximate surface area is 135 Å². The van der Waals surface area contributed by atoms with E-state index in [1.807, 2.05) is 26.0 Å². The van der Waals surface area contributed by atoms with Crippen LogP contribution in [0.4, 0.5) is 17.1 Å². The van der Waals surface area contributed by atoms with Gasteiger partial charge in [0, 0.05) is 17.7 Å². The van der Waals surface area contributed by atoms with Crippen molar-refractivity contribution in [2.75, 3.05) is 22.2 Å². The Morgan fingerprint density at radius 2 is 1.61 bits per heavy atom. The lowest BCUT2D eigenvalue weighted by atomic mass is 9.94. The molecule has 0 aromatic heterocycles. The lowest BCUT2D eigenvalue weighted by molar-refractivity contribution is 0.458. The number of nitrogen functional groups attached to an aromatic ring is 1. The summed E-state index contributed by atoms with van der Waals surface area (Å²) in [6.07, 6.45) is 0. The van der Waals surface area contributed by atoms with Gasteiger partial charge in [0.05, 0.1) is 30.3 Å². The second-order valence-electron chi connectivity index (χ2n) is 6.67. The molecule has 0 spiro atoms. The van der Waals surface area contributed by atoms with E-state index in [0.29, 0.717) is 18.0 Å². The minimum atomic E-state index is 0.160. The molecule has 2 aromatic carbocycles. The second kappa shape index (κ2) is 4.47. The summed E-state index contributed by atoms with van der Waals surface area (Å²) in [7, 11) is 0. The van der Waals surface area contributed by atoms with Crippen molar-refractivity contribution in [2.45, 2.75) is 33.9 Å². The molecule has 4 N–H and O–H groups in total. The number of rotatable bonds is 0. The van der Waals surface area contributed by atoms with Crippen molar-refractivity contribution in [3.05, 3.63) is 39.9 Å². The number of hydrogen-bond acceptors (Lipinski definition) is 5. The van der Waals surface area contributed by atoms with Crippen molar-refractivity contribution in [1.29, 1.82) is 0 Å². The number of aryl methyl sites for hydroxylation is 2. The molecule has 0 saturated heterocycles. The Morgan fingerprint density at radius 1 is 0.913 bits per heavy atom. The quantitative estimate of drug-likeness (QED) is 0.515. The molecular weight excluding hydrogens is 290 g/mol. The molecular formula is C18H21N3O2. The summed E-state index contributed by atoms with van der Waals surface area (Å²) >= 11 is 0. The zero-order valence-electron chi connectivity index (χ0n) is 13.6. The highest BCUT2D eigenvalue weighted by Gasteiger charge is 2.34. The van der Waals surface area contributed by atoms with E-state index < -0.39 is 0 Å². The molecule has 2 heterocycles. The highest BCUT2D eigenvalue weighted by atomic mass is 16.3. The van der Waals surface area contributed by atoms with Crippen molar-refractivity contribution in [3.8, 4) is 11.5 Å². The van der Waals surface area contributed by atoms with Gasteiger partial charge in [-0.1, -0.05) is 6.07 Å². The minimum Gasteiger partial charge on any atom is -0.507 e. The van der Waals surface area contributed by atoms with Crippen molar-refractivity contribution < 1.29 is 10.2 Å². The Bertz CT molecular complexity index is 845. The summed E-state index contributed by atoms with van der Waals surface area (Å²) in [5.41, 5.74) is 13.5. The first-order chi connectivity index (χ1) is 10.9. The van der Waals surface area contributed by atoms with E-state index in [4.69, 9.17) is 5.73 Å². The average molecular weight is 311 g/mol. The van der Waals surface area contributed by atoms with Crippen LogP contribution < -0.4 is 15.5 Å². The van der Waals surface area contributed by atoms with Gasteiger partial charge in [0.1, 0.15) is 11.5 Å². The van der Waals surface area contributed by atoms with Crippen LogP contribution in [-0.4, -0.2) is 16.9 Å². The van der Waals surface area contributed by atoms with Crippen LogP contribution in [0.1, 0.15) is 27.8 Å². The lowest BCUT2D eigenvalue weighted by Gasteiger charge is -2.46. The molecule has 0 fully saturated rings. The highest BCUT2D eigenvalue weighted by molar-refractivity contribution is 5.78. The van der Waals surface area contributed by atoms with Gasteiger partial charge in [0.2, 0.25) is 0 Å². The Morgan fingerprint density at radius 3 is 2.35 bits per heavy atom. The minimum absolute atomic E-state index is 0.160. The summed E-state index contributed by atoms with van der Waals surface area (Å²) in [5.74, 6) is 0.536. The first-order valence-electron chi connectivity index (χ1n) is 7.81. The van der Waals surface area contributed by atoms with E-state index in [9.17, 15) is 10.2 Å². The summed E-state index contributed by atoms with van der Waals surface area (Å²) in [4.78, 5) is 4.47. The van der Waals surface area contributed by atoms with Gasteiger partial charge in [-0.15, -0.1) is 0 Å². The lowest BCUT2D eigenvalue weighted by Crippen LogP contribution is -2.46. The number of fused-ring (bicyclic) bond motifs is 6. The molecule has 23 heavy (non-hydrogen) atoms. The maximum Gasteiger partial charge on any atom is 0.143 e. The van der Waals surface area contributed by atoms with Gasteiger partial charge in [0.25, 0.3) is 0 Å². The molecule has 2 aliphatic rings. The molecule has 2 aliphatic heterocycles. The molecule has 4 rings (SSSR count). The van der Waals surface area contributed by atoms with Crippen LogP contribution in [0.5, 0.6) is 11.5 Å². The maximum atomic E-state index is 10.5. The molecule has 2 bridgehead atoms. The second-order valence-corrected chi connectivity index (χ2v) is 6.67. The molecule has 120 valence electrons. The van der Waals surface area contributed by atoms with Crippen molar-refractivity contribution >= 4 is 17.1 Å². The molecule has 0 radical (unpaired) electrons. The number of hydrogen-bond donors (Lipinski definition) is 3. The summed E-state index contributed by atoms with van der Waals surface area (Å²) in [5, 5.41) is 20.7. The van der Waals surface area contributed by atoms with Gasteiger partial charge in [0.15, 0.2) is 0 Å². The number of nitrogens with zero attached hydrogens (tertiary/aromatic N) is 2. The standard InChI is InChI=1S/C18H21N3O2/c1-9-4-10(2)17(22)13-7-21-8-20(15(9)13)6-12-5-14(19)18(23)11(3)16(12)21/h4-5,22-23H,6-8,19H2,1-3H3. The topological polar surface area (TPSA) is 73.0 Å². The normalized spacial score (nSPS) is 15.4. The molecule has 0 unspecified atom stereocenters. The number of aromatic hydroxyl groups is 2. The van der Waals surface area contributed by atoms with E-state index in [-0.39, 0.29) is 5.75 Å². The summed E-state index contributed by atoms with van der Waals surface area (Å²) < 4.78 is 0. The number of phenolic OH excluding ortho intramolecular Hbond substituents is 2. The van der Waals surface area contributed by atoms with E-state index >= 15 is 0 Å².